The number of aromatic hydroxyl groups is 1. The molecular formula is C47H31N2OPtS-. The van der Waals surface area contributed by atoms with Crippen molar-refractivity contribution in [2.45, 2.75) is 6.92 Å². The van der Waals surface area contributed by atoms with Gasteiger partial charge in [-0.05, 0) is 70.6 Å². The zero-order chi connectivity index (χ0) is 34.3. The van der Waals surface area contributed by atoms with Crippen molar-refractivity contribution in [1.29, 1.82) is 0 Å². The molecule has 0 bridgehead atoms. The number of phenols is 1. The molecule has 0 aliphatic carbocycles. The number of pyridine rings is 2. The molecule has 3 heterocycles. The molecule has 0 atom stereocenters. The number of aryl methyl sites for hydroxylation is 1. The molecule has 9 rings (SSSR count). The van der Waals surface area contributed by atoms with Gasteiger partial charge in [-0.25, -0.2) is 0 Å². The van der Waals surface area contributed by atoms with Crippen LogP contribution in [-0.4, -0.2) is 15.1 Å². The molecule has 0 fully saturated rings. The maximum atomic E-state index is 11.3. The van der Waals surface area contributed by atoms with E-state index in [0.29, 0.717) is 11.3 Å². The maximum absolute atomic E-state index is 11.3. The quantitative estimate of drug-likeness (QED) is 0.169. The predicted molar refractivity (Wildman–Crippen MR) is 213 cm³/mol. The summed E-state index contributed by atoms with van der Waals surface area (Å²) >= 11 is 1.84. The van der Waals surface area contributed by atoms with Crippen LogP contribution >= 0.6 is 11.3 Å². The van der Waals surface area contributed by atoms with E-state index in [1.54, 1.807) is 0 Å². The van der Waals surface area contributed by atoms with E-state index in [-0.39, 0.29) is 26.8 Å². The summed E-state index contributed by atoms with van der Waals surface area (Å²) in [6, 6.07) is 59.6. The molecule has 0 aliphatic heterocycles. The molecule has 52 heavy (non-hydrogen) atoms. The van der Waals surface area contributed by atoms with Crippen molar-refractivity contribution in [3.05, 3.63) is 176 Å². The second-order valence-electron chi connectivity index (χ2n) is 12.7. The normalized spacial score (nSPS) is 11.1. The molecule has 0 radical (unpaired) electrons. The number of hydrogen-bond acceptors (Lipinski definition) is 4. The van der Waals surface area contributed by atoms with Crippen LogP contribution in [0.3, 0.4) is 0 Å². The molecule has 0 spiro atoms. The van der Waals surface area contributed by atoms with Crippen molar-refractivity contribution < 1.29 is 26.2 Å². The van der Waals surface area contributed by atoms with Crippen LogP contribution < -0.4 is 0 Å². The van der Waals surface area contributed by atoms with Crippen molar-refractivity contribution in [2.24, 2.45) is 0 Å². The Balaban J connectivity index is 0.00000387. The maximum Gasteiger partial charge on any atom is 0.125 e. The average Bonchev–Trinajstić information content (AvgIpc) is 3.57. The number of rotatable bonds is 6. The largest absolute Gasteiger partial charge is 0.507 e. The summed E-state index contributed by atoms with van der Waals surface area (Å²) in [4.78, 5) is 10.1. The molecule has 0 unspecified atom stereocenters. The Labute approximate surface area is 321 Å². The van der Waals surface area contributed by atoms with Crippen LogP contribution in [0.4, 0.5) is 0 Å². The minimum Gasteiger partial charge on any atom is -0.507 e. The molecule has 0 saturated heterocycles. The fourth-order valence-corrected chi connectivity index (χ4v) is 8.10. The van der Waals surface area contributed by atoms with Crippen LogP contribution in [0, 0.1) is 13.0 Å². The molecule has 0 saturated carbocycles. The number of phenolic OH excluding ortho intramolecular Hbond substituents is 1. The van der Waals surface area contributed by atoms with Crippen LogP contribution in [0.2, 0.25) is 0 Å². The third-order valence-corrected chi connectivity index (χ3v) is 10.5. The summed E-state index contributed by atoms with van der Waals surface area (Å²) in [5, 5.41) is 13.9. The second kappa shape index (κ2) is 14.2. The summed E-state index contributed by atoms with van der Waals surface area (Å²) in [5.74, 6) is 0.183. The van der Waals surface area contributed by atoms with E-state index in [1.165, 1.54) is 25.7 Å². The number of thiophene rings is 1. The van der Waals surface area contributed by atoms with Gasteiger partial charge < -0.3 is 5.11 Å². The molecule has 5 heteroatoms. The number of benzene rings is 6. The van der Waals surface area contributed by atoms with E-state index >= 15 is 0 Å². The molecule has 9 aromatic rings. The van der Waals surface area contributed by atoms with E-state index in [1.807, 2.05) is 96.3 Å². The van der Waals surface area contributed by atoms with Gasteiger partial charge in [0, 0.05) is 63.9 Å². The minimum atomic E-state index is 0. The van der Waals surface area contributed by atoms with E-state index in [0.717, 1.165) is 56.0 Å². The first kappa shape index (κ1) is 33.5. The molecule has 6 aromatic carbocycles. The number of fused-ring (bicyclic) bond motifs is 3. The van der Waals surface area contributed by atoms with Gasteiger partial charge in [0.2, 0.25) is 0 Å². The van der Waals surface area contributed by atoms with E-state index in [4.69, 9.17) is 9.97 Å². The monoisotopic (exact) mass is 866 g/mol. The number of aromatic nitrogens is 2. The second-order valence-corrected chi connectivity index (χ2v) is 13.8. The first-order valence-corrected chi connectivity index (χ1v) is 17.8. The van der Waals surface area contributed by atoms with Gasteiger partial charge in [0.1, 0.15) is 5.75 Å². The van der Waals surface area contributed by atoms with Gasteiger partial charge in [0.05, 0.1) is 5.69 Å². The van der Waals surface area contributed by atoms with Gasteiger partial charge in [-0.1, -0.05) is 126 Å². The predicted octanol–water partition coefficient (Wildman–Crippen LogP) is 12.7. The van der Waals surface area contributed by atoms with E-state index < -0.39 is 0 Å². The Morgan fingerprint density at radius 3 is 1.85 bits per heavy atom. The number of hydrogen-bond donors (Lipinski definition) is 1. The molecule has 3 aromatic heterocycles. The Morgan fingerprint density at radius 2 is 1.10 bits per heavy atom. The van der Waals surface area contributed by atoms with Crippen LogP contribution in [0.25, 0.3) is 87.3 Å². The van der Waals surface area contributed by atoms with Crippen molar-refractivity contribution in [2.75, 3.05) is 0 Å². The molecule has 1 N–H and O–H groups in total. The van der Waals surface area contributed by atoms with Gasteiger partial charge in [-0.2, -0.15) is 0 Å². The summed E-state index contributed by atoms with van der Waals surface area (Å²) < 4.78 is 2.57. The zero-order valence-corrected chi connectivity index (χ0v) is 31.2. The van der Waals surface area contributed by atoms with Crippen molar-refractivity contribution in [3.8, 4) is 72.9 Å². The van der Waals surface area contributed by atoms with Crippen LogP contribution in [-0.2, 0) is 21.1 Å². The summed E-state index contributed by atoms with van der Waals surface area (Å²) in [5.41, 5.74) is 12.1. The fourth-order valence-electron chi connectivity index (χ4n) is 6.87. The SMILES string of the molecule is Cc1cc(-c2cccc3c2sc2ccccc23)cc(-c2[c-]c(-c3cc(-c4ccccc4)cc(-c4ccc(-c5ccccc5)cc4O)n3)ccc2)n1.[Pt]. The molecule has 3 nitrogen and oxygen atoms in total. The topological polar surface area (TPSA) is 46.0 Å². The van der Waals surface area contributed by atoms with Gasteiger partial charge in [-0.15, -0.1) is 35.6 Å². The Kier molecular flexibility index (Phi) is 9.11. The first-order chi connectivity index (χ1) is 25.1. The third-order valence-electron chi connectivity index (χ3n) is 9.33. The Bertz CT molecular complexity index is 2720. The average molecular weight is 867 g/mol. The van der Waals surface area contributed by atoms with Crippen LogP contribution in [0.5, 0.6) is 5.75 Å². The van der Waals surface area contributed by atoms with Gasteiger partial charge in [-0.3, -0.25) is 9.97 Å². The zero-order valence-electron chi connectivity index (χ0n) is 28.2. The number of nitrogens with zero attached hydrogens (tertiary/aromatic N) is 2. The van der Waals surface area contributed by atoms with E-state index in [2.05, 4.69) is 91.9 Å². The summed E-state index contributed by atoms with van der Waals surface area (Å²) in [6.45, 7) is 2.05. The molecule has 252 valence electrons. The smallest absolute Gasteiger partial charge is 0.125 e. The van der Waals surface area contributed by atoms with E-state index in [9.17, 15) is 5.11 Å². The minimum absolute atomic E-state index is 0. The summed E-state index contributed by atoms with van der Waals surface area (Å²) in [7, 11) is 0. The Morgan fingerprint density at radius 1 is 0.481 bits per heavy atom. The Hall–Kier alpha value is -5.67. The van der Waals surface area contributed by atoms with Crippen LogP contribution in [0.15, 0.2) is 164 Å². The third kappa shape index (κ3) is 6.37. The van der Waals surface area contributed by atoms with Gasteiger partial charge in [0.15, 0.2) is 0 Å². The van der Waals surface area contributed by atoms with Crippen LogP contribution in [0.1, 0.15) is 5.69 Å². The fraction of sp³-hybridized carbons (Fsp3) is 0.0213. The molecule has 0 aliphatic rings. The van der Waals surface area contributed by atoms with Crippen molar-refractivity contribution >= 4 is 31.5 Å². The van der Waals surface area contributed by atoms with Gasteiger partial charge in [0.25, 0.3) is 0 Å². The molecular weight excluding hydrogens is 836 g/mol. The van der Waals surface area contributed by atoms with Crippen molar-refractivity contribution in [1.82, 2.24) is 9.97 Å². The molecule has 0 amide bonds. The standard InChI is InChI=1S/C47H31N2OS.Pt/c1-30-24-37(38-19-11-20-40-39-18-8-9-21-46(39)51-47(38)40)28-42(48-30)34-16-10-17-35(25-34)43-26-36(32-14-6-3-7-15-32)27-44(49-43)41-23-22-33(29-45(41)50)31-12-4-2-5-13-31;/h2-24,26-29,50H,1H3;/q-1;. The van der Waals surface area contributed by atoms with Gasteiger partial charge >= 0.3 is 0 Å². The van der Waals surface area contributed by atoms with Crippen molar-refractivity contribution in [3.63, 3.8) is 0 Å². The summed E-state index contributed by atoms with van der Waals surface area (Å²) in [6.07, 6.45) is 0. The first-order valence-electron chi connectivity index (χ1n) is 17.0.